The van der Waals surface area contributed by atoms with E-state index in [4.69, 9.17) is 4.74 Å². The second kappa shape index (κ2) is 3.79. The summed E-state index contributed by atoms with van der Waals surface area (Å²) in [7, 11) is 1.95. The van der Waals surface area contributed by atoms with Crippen LogP contribution >= 0.6 is 0 Å². The van der Waals surface area contributed by atoms with Crippen LogP contribution < -0.4 is 10.1 Å². The number of aryl methyl sites for hydroxylation is 1. The minimum atomic E-state index is 0.292. The maximum absolute atomic E-state index is 6.00. The number of para-hydroxylation sites is 1. The number of nitrogens with one attached hydrogen (secondary N) is 1. The van der Waals surface area contributed by atoms with E-state index in [1.165, 1.54) is 0 Å². The first-order valence-corrected chi connectivity index (χ1v) is 5.63. The molecule has 0 amide bonds. The summed E-state index contributed by atoms with van der Waals surface area (Å²) in [5, 5.41) is 8.68. The fourth-order valence-corrected chi connectivity index (χ4v) is 2.20. The summed E-state index contributed by atoms with van der Waals surface area (Å²) in [5.74, 6) is 0.936. The van der Waals surface area contributed by atoms with Gasteiger partial charge in [0.2, 0.25) is 0 Å². The van der Waals surface area contributed by atoms with Gasteiger partial charge >= 0.3 is 0 Å². The van der Waals surface area contributed by atoms with Gasteiger partial charge in [0.1, 0.15) is 17.4 Å². The Labute approximate surface area is 94.2 Å². The Morgan fingerprint density at radius 2 is 2.44 bits per heavy atom. The van der Waals surface area contributed by atoms with Gasteiger partial charge in [-0.15, -0.1) is 0 Å². The van der Waals surface area contributed by atoms with Crippen LogP contribution in [0.1, 0.15) is 6.42 Å². The van der Waals surface area contributed by atoms with Gasteiger partial charge < -0.3 is 10.1 Å². The highest BCUT2D eigenvalue weighted by Gasteiger charge is 2.17. The van der Waals surface area contributed by atoms with Crippen LogP contribution in [0.2, 0.25) is 0 Å². The standard InChI is InChI=1S/C12H15N3O/c1-15-12-9(7-14-15)3-2-4-11(12)16-10-5-6-13-8-10/h2-4,7,10,13H,5-6,8H2,1H3. The van der Waals surface area contributed by atoms with Gasteiger partial charge in [0.05, 0.1) is 6.20 Å². The topological polar surface area (TPSA) is 39.1 Å². The number of benzene rings is 1. The summed E-state index contributed by atoms with van der Waals surface area (Å²) in [4.78, 5) is 0. The van der Waals surface area contributed by atoms with Crippen LogP contribution in [0.3, 0.4) is 0 Å². The molecule has 0 bridgehead atoms. The first-order chi connectivity index (χ1) is 7.84. The lowest BCUT2D eigenvalue weighted by atomic mass is 10.2. The Bertz CT molecular complexity index is 500. The highest BCUT2D eigenvalue weighted by Crippen LogP contribution is 2.26. The molecule has 3 rings (SSSR count). The third-order valence-electron chi connectivity index (χ3n) is 3.03. The SMILES string of the molecule is Cn1ncc2cccc(OC3CCNC3)c21. The molecule has 1 saturated heterocycles. The molecule has 1 aliphatic rings. The molecule has 1 fully saturated rings. The Hall–Kier alpha value is -1.55. The molecular weight excluding hydrogens is 202 g/mol. The number of nitrogens with zero attached hydrogens (tertiary/aromatic N) is 2. The number of hydrogen-bond acceptors (Lipinski definition) is 3. The summed E-state index contributed by atoms with van der Waals surface area (Å²) in [6.07, 6.45) is 3.24. The first kappa shape index (κ1) is 9.66. The molecule has 16 heavy (non-hydrogen) atoms. The van der Waals surface area contributed by atoms with Crippen molar-refractivity contribution in [3.8, 4) is 5.75 Å². The Balaban J connectivity index is 1.98. The highest BCUT2D eigenvalue weighted by atomic mass is 16.5. The van der Waals surface area contributed by atoms with E-state index in [2.05, 4.69) is 16.5 Å². The molecule has 1 aliphatic heterocycles. The van der Waals surface area contributed by atoms with Gasteiger partial charge in [-0.2, -0.15) is 5.10 Å². The van der Waals surface area contributed by atoms with Crippen molar-refractivity contribution >= 4 is 10.9 Å². The van der Waals surface area contributed by atoms with Crippen LogP contribution in [0.25, 0.3) is 10.9 Å². The molecule has 0 saturated carbocycles. The molecule has 2 heterocycles. The molecule has 1 atom stereocenters. The van der Waals surface area contributed by atoms with E-state index in [-0.39, 0.29) is 0 Å². The zero-order valence-electron chi connectivity index (χ0n) is 9.31. The molecule has 1 aromatic carbocycles. The average Bonchev–Trinajstić information content (AvgIpc) is 2.90. The quantitative estimate of drug-likeness (QED) is 0.824. The fraction of sp³-hybridized carbons (Fsp3) is 0.417. The van der Waals surface area contributed by atoms with Gasteiger partial charge in [-0.25, -0.2) is 0 Å². The summed E-state index contributed by atoms with van der Waals surface area (Å²) < 4.78 is 7.87. The normalized spacial score (nSPS) is 20.4. The second-order valence-corrected chi connectivity index (χ2v) is 4.19. The Kier molecular flexibility index (Phi) is 2.29. The predicted molar refractivity (Wildman–Crippen MR) is 62.6 cm³/mol. The van der Waals surface area contributed by atoms with Crippen LogP contribution in [0.15, 0.2) is 24.4 Å². The van der Waals surface area contributed by atoms with Gasteiger partial charge in [0.25, 0.3) is 0 Å². The third-order valence-corrected chi connectivity index (χ3v) is 3.03. The molecule has 2 aromatic rings. The molecule has 1 N–H and O–H groups in total. The van der Waals surface area contributed by atoms with E-state index in [1.54, 1.807) is 0 Å². The van der Waals surface area contributed by atoms with Gasteiger partial charge in [-0.05, 0) is 19.0 Å². The lowest BCUT2D eigenvalue weighted by Gasteiger charge is -2.13. The van der Waals surface area contributed by atoms with E-state index in [0.717, 1.165) is 36.2 Å². The van der Waals surface area contributed by atoms with Gasteiger partial charge in [-0.3, -0.25) is 4.68 Å². The average molecular weight is 217 g/mol. The van der Waals surface area contributed by atoms with E-state index < -0.39 is 0 Å². The number of fused-ring (bicyclic) bond motifs is 1. The number of aromatic nitrogens is 2. The van der Waals surface area contributed by atoms with Crippen molar-refractivity contribution in [1.82, 2.24) is 15.1 Å². The summed E-state index contributed by atoms with van der Waals surface area (Å²) >= 11 is 0. The van der Waals surface area contributed by atoms with Gasteiger partial charge in [0, 0.05) is 19.0 Å². The van der Waals surface area contributed by atoms with Crippen LogP contribution in [0.5, 0.6) is 5.75 Å². The number of hydrogen-bond donors (Lipinski definition) is 1. The number of rotatable bonds is 2. The van der Waals surface area contributed by atoms with Gasteiger partial charge in [-0.1, -0.05) is 12.1 Å². The largest absolute Gasteiger partial charge is 0.487 e. The zero-order chi connectivity index (χ0) is 11.0. The Morgan fingerprint density at radius 3 is 3.25 bits per heavy atom. The van der Waals surface area contributed by atoms with Gasteiger partial charge in [0.15, 0.2) is 0 Å². The van der Waals surface area contributed by atoms with Crippen molar-refractivity contribution in [2.24, 2.45) is 7.05 Å². The fourth-order valence-electron chi connectivity index (χ4n) is 2.20. The molecule has 84 valence electrons. The van der Waals surface area contributed by atoms with E-state index in [9.17, 15) is 0 Å². The van der Waals surface area contributed by atoms with E-state index in [0.29, 0.717) is 6.10 Å². The maximum atomic E-state index is 6.00. The first-order valence-electron chi connectivity index (χ1n) is 5.63. The minimum absolute atomic E-state index is 0.292. The van der Waals surface area contributed by atoms with Crippen molar-refractivity contribution in [2.45, 2.75) is 12.5 Å². The van der Waals surface area contributed by atoms with Crippen molar-refractivity contribution in [1.29, 1.82) is 0 Å². The maximum Gasteiger partial charge on any atom is 0.145 e. The van der Waals surface area contributed by atoms with E-state index >= 15 is 0 Å². The van der Waals surface area contributed by atoms with Crippen molar-refractivity contribution < 1.29 is 4.74 Å². The zero-order valence-corrected chi connectivity index (χ0v) is 9.31. The second-order valence-electron chi connectivity index (χ2n) is 4.19. The lowest BCUT2D eigenvalue weighted by molar-refractivity contribution is 0.225. The predicted octanol–water partition coefficient (Wildman–Crippen LogP) is 1.31. The van der Waals surface area contributed by atoms with Crippen LogP contribution in [0.4, 0.5) is 0 Å². The summed E-state index contributed by atoms with van der Waals surface area (Å²) in [6, 6.07) is 6.09. The Morgan fingerprint density at radius 1 is 1.50 bits per heavy atom. The minimum Gasteiger partial charge on any atom is -0.487 e. The van der Waals surface area contributed by atoms with Crippen LogP contribution in [-0.2, 0) is 7.05 Å². The smallest absolute Gasteiger partial charge is 0.145 e. The highest BCUT2D eigenvalue weighted by molar-refractivity contribution is 5.84. The van der Waals surface area contributed by atoms with Crippen LogP contribution in [-0.4, -0.2) is 29.0 Å². The molecule has 0 radical (unpaired) electrons. The van der Waals surface area contributed by atoms with Crippen LogP contribution in [0, 0.1) is 0 Å². The molecule has 0 aliphatic carbocycles. The monoisotopic (exact) mass is 217 g/mol. The lowest BCUT2D eigenvalue weighted by Crippen LogP contribution is -2.19. The molecule has 0 spiro atoms. The molecule has 4 heteroatoms. The van der Waals surface area contributed by atoms with Crippen molar-refractivity contribution in [3.05, 3.63) is 24.4 Å². The molecular formula is C12H15N3O. The molecule has 4 nitrogen and oxygen atoms in total. The summed E-state index contributed by atoms with van der Waals surface area (Å²) in [5.41, 5.74) is 1.08. The molecule has 1 unspecified atom stereocenters. The van der Waals surface area contributed by atoms with E-state index in [1.807, 2.05) is 30.1 Å². The summed E-state index contributed by atoms with van der Waals surface area (Å²) in [6.45, 7) is 1.99. The number of ether oxygens (including phenoxy) is 1. The van der Waals surface area contributed by atoms with Crippen molar-refractivity contribution in [3.63, 3.8) is 0 Å². The third kappa shape index (κ3) is 1.55. The molecule has 1 aromatic heterocycles. The van der Waals surface area contributed by atoms with Crippen molar-refractivity contribution in [2.75, 3.05) is 13.1 Å².